The van der Waals surface area contributed by atoms with Crippen LogP contribution in [-0.2, 0) is 9.53 Å². The minimum atomic E-state index is -0.983. The fourth-order valence-electron chi connectivity index (χ4n) is 4.46. The van der Waals surface area contributed by atoms with Gasteiger partial charge in [0.1, 0.15) is 11.8 Å². The Morgan fingerprint density at radius 2 is 1.72 bits per heavy atom. The summed E-state index contributed by atoms with van der Waals surface area (Å²) in [7, 11) is 1.30. The minimum absolute atomic E-state index is 0.0602. The van der Waals surface area contributed by atoms with Crippen LogP contribution in [-0.4, -0.2) is 37.5 Å². The van der Waals surface area contributed by atoms with E-state index in [-0.39, 0.29) is 17.7 Å². The first-order valence-corrected chi connectivity index (χ1v) is 12.1. The number of anilines is 1. The molecular formula is C28H30N2O6. The number of rotatable bonds is 9. The van der Waals surface area contributed by atoms with Crippen molar-refractivity contribution in [3.05, 3.63) is 83.8 Å². The highest BCUT2D eigenvalue weighted by molar-refractivity contribution is 6.09. The Kier molecular flexibility index (Phi) is 8.05. The smallest absolute Gasteiger partial charge is 0.337 e. The van der Waals surface area contributed by atoms with Crippen molar-refractivity contribution in [2.45, 2.75) is 44.7 Å². The van der Waals surface area contributed by atoms with Gasteiger partial charge in [0.25, 0.3) is 5.91 Å². The number of esters is 1. The van der Waals surface area contributed by atoms with Gasteiger partial charge in [-0.3, -0.25) is 14.5 Å². The molecule has 1 atom stereocenters. The molecule has 1 aliphatic rings. The van der Waals surface area contributed by atoms with Crippen molar-refractivity contribution >= 4 is 23.5 Å². The lowest BCUT2D eigenvalue weighted by atomic mass is 10.0. The lowest BCUT2D eigenvalue weighted by molar-refractivity contribution is -0.123. The van der Waals surface area contributed by atoms with Crippen LogP contribution in [0.5, 0.6) is 5.75 Å². The van der Waals surface area contributed by atoms with Crippen LogP contribution in [0.3, 0.4) is 0 Å². The Balaban J connectivity index is 1.78. The minimum Gasteiger partial charge on any atom is -0.494 e. The van der Waals surface area contributed by atoms with Gasteiger partial charge in [0.05, 0.1) is 25.5 Å². The number of carbonyl (C=O) groups is 3. The largest absolute Gasteiger partial charge is 0.494 e. The van der Waals surface area contributed by atoms with E-state index >= 15 is 0 Å². The maximum atomic E-state index is 13.8. The van der Waals surface area contributed by atoms with Gasteiger partial charge in [-0.25, -0.2) is 4.79 Å². The second-order valence-corrected chi connectivity index (χ2v) is 8.59. The van der Waals surface area contributed by atoms with Gasteiger partial charge in [-0.15, -0.1) is 0 Å². The van der Waals surface area contributed by atoms with E-state index in [1.807, 2.05) is 6.92 Å². The van der Waals surface area contributed by atoms with Crippen molar-refractivity contribution in [1.29, 1.82) is 0 Å². The molecule has 0 saturated heterocycles. The van der Waals surface area contributed by atoms with Gasteiger partial charge in [0, 0.05) is 11.7 Å². The van der Waals surface area contributed by atoms with Crippen molar-refractivity contribution in [2.24, 2.45) is 0 Å². The van der Waals surface area contributed by atoms with E-state index in [0.29, 0.717) is 29.2 Å². The molecule has 0 radical (unpaired) electrons. The number of hydrogen-bond donors (Lipinski definition) is 1. The van der Waals surface area contributed by atoms with Crippen LogP contribution in [0.4, 0.5) is 5.69 Å². The fourth-order valence-corrected chi connectivity index (χ4v) is 4.46. The van der Waals surface area contributed by atoms with Crippen LogP contribution < -0.4 is 15.0 Å². The Bertz CT molecular complexity index is 1170. The molecule has 2 amide bonds. The zero-order valence-electron chi connectivity index (χ0n) is 20.4. The molecule has 0 aliphatic heterocycles. The SMILES string of the molecule is CCOc1ccc([C@H](C(=O)NC2CCCC2)N(C(=O)c2ccco2)c2ccc(C(=O)OC)cc2)cc1. The standard InChI is InChI=1S/C28H30N2O6/c1-3-35-23-16-12-19(13-17-23)25(26(31)29-21-7-4-5-8-21)30(27(32)24-9-6-18-36-24)22-14-10-20(11-15-22)28(33)34-2/h6,9-18,21,25H,3-5,7-8H2,1-2H3,(H,29,31)/t25-/m1/s1. The van der Waals surface area contributed by atoms with E-state index in [1.54, 1.807) is 60.7 Å². The summed E-state index contributed by atoms with van der Waals surface area (Å²) in [6.45, 7) is 2.41. The van der Waals surface area contributed by atoms with E-state index in [0.717, 1.165) is 25.7 Å². The molecule has 1 aliphatic carbocycles. The molecule has 0 spiro atoms. The monoisotopic (exact) mass is 490 g/mol. The molecule has 36 heavy (non-hydrogen) atoms. The van der Waals surface area contributed by atoms with E-state index in [4.69, 9.17) is 13.9 Å². The predicted octanol–water partition coefficient (Wildman–Crippen LogP) is 4.91. The van der Waals surface area contributed by atoms with Crippen molar-refractivity contribution in [2.75, 3.05) is 18.6 Å². The molecule has 8 heteroatoms. The number of nitrogens with zero attached hydrogens (tertiary/aromatic N) is 1. The highest BCUT2D eigenvalue weighted by atomic mass is 16.5. The molecule has 1 saturated carbocycles. The van der Waals surface area contributed by atoms with Crippen LogP contribution in [0, 0.1) is 0 Å². The number of furan rings is 1. The first-order valence-electron chi connectivity index (χ1n) is 12.1. The van der Waals surface area contributed by atoms with Gasteiger partial charge in [0.2, 0.25) is 5.91 Å². The lowest BCUT2D eigenvalue weighted by Gasteiger charge is -2.32. The van der Waals surface area contributed by atoms with Crippen LogP contribution in [0.25, 0.3) is 0 Å². The summed E-state index contributed by atoms with van der Waals surface area (Å²) >= 11 is 0. The Morgan fingerprint density at radius 1 is 1.03 bits per heavy atom. The van der Waals surface area contributed by atoms with Gasteiger partial charge in [-0.2, -0.15) is 0 Å². The lowest BCUT2D eigenvalue weighted by Crippen LogP contribution is -2.46. The van der Waals surface area contributed by atoms with Crippen LogP contribution in [0.15, 0.2) is 71.3 Å². The molecule has 1 fully saturated rings. The zero-order valence-corrected chi connectivity index (χ0v) is 20.4. The maximum absolute atomic E-state index is 13.8. The summed E-state index contributed by atoms with van der Waals surface area (Å²) in [5, 5.41) is 3.14. The molecule has 1 N–H and O–H groups in total. The summed E-state index contributed by atoms with van der Waals surface area (Å²) < 4.78 is 15.8. The van der Waals surface area contributed by atoms with E-state index < -0.39 is 17.9 Å². The van der Waals surface area contributed by atoms with Crippen molar-refractivity contribution in [3.8, 4) is 5.75 Å². The molecular weight excluding hydrogens is 460 g/mol. The molecule has 2 aromatic carbocycles. The van der Waals surface area contributed by atoms with Gasteiger partial charge < -0.3 is 19.2 Å². The first kappa shape index (κ1) is 25.0. The average molecular weight is 491 g/mol. The first-order chi connectivity index (χ1) is 17.5. The van der Waals surface area contributed by atoms with E-state index in [2.05, 4.69) is 5.32 Å². The second-order valence-electron chi connectivity index (χ2n) is 8.59. The molecule has 0 bridgehead atoms. The van der Waals surface area contributed by atoms with E-state index in [9.17, 15) is 14.4 Å². The summed E-state index contributed by atoms with van der Waals surface area (Å²) in [6.07, 6.45) is 5.34. The number of nitrogens with one attached hydrogen (secondary N) is 1. The average Bonchev–Trinajstić information content (AvgIpc) is 3.62. The summed E-state index contributed by atoms with van der Waals surface area (Å²) in [5.74, 6) is -0.499. The molecule has 3 aromatic rings. The third-order valence-corrected chi connectivity index (χ3v) is 6.23. The summed E-state index contributed by atoms with van der Waals surface area (Å²) in [5.41, 5.74) is 1.38. The third-order valence-electron chi connectivity index (χ3n) is 6.23. The number of methoxy groups -OCH3 is 1. The van der Waals surface area contributed by atoms with Crippen molar-refractivity contribution < 1.29 is 28.3 Å². The number of amides is 2. The van der Waals surface area contributed by atoms with Crippen LogP contribution in [0.1, 0.15) is 65.1 Å². The molecule has 188 valence electrons. The molecule has 1 heterocycles. The van der Waals surface area contributed by atoms with Gasteiger partial charge in [-0.05, 0) is 73.9 Å². The van der Waals surface area contributed by atoms with Crippen molar-refractivity contribution in [3.63, 3.8) is 0 Å². The molecule has 1 aromatic heterocycles. The normalized spacial score (nSPS) is 14.2. The fraction of sp³-hybridized carbons (Fsp3) is 0.321. The summed E-state index contributed by atoms with van der Waals surface area (Å²) in [6, 6.07) is 15.8. The molecule has 0 unspecified atom stereocenters. The Labute approximate surface area is 210 Å². The van der Waals surface area contributed by atoms with Gasteiger partial charge >= 0.3 is 5.97 Å². The predicted molar refractivity (Wildman–Crippen MR) is 134 cm³/mol. The number of benzene rings is 2. The Hall–Kier alpha value is -4.07. The third kappa shape index (κ3) is 5.59. The molecule has 4 rings (SSSR count). The van der Waals surface area contributed by atoms with Gasteiger partial charge in [0.15, 0.2) is 5.76 Å². The quantitative estimate of drug-likeness (QED) is 0.428. The highest BCUT2D eigenvalue weighted by Gasteiger charge is 2.36. The molecule has 8 nitrogen and oxygen atoms in total. The number of carbonyl (C=O) groups excluding carboxylic acids is 3. The Morgan fingerprint density at radius 3 is 2.31 bits per heavy atom. The second kappa shape index (κ2) is 11.6. The van der Waals surface area contributed by atoms with Gasteiger partial charge in [-0.1, -0.05) is 25.0 Å². The van der Waals surface area contributed by atoms with Crippen LogP contribution in [0.2, 0.25) is 0 Å². The highest BCUT2D eigenvalue weighted by Crippen LogP contribution is 2.32. The van der Waals surface area contributed by atoms with Crippen molar-refractivity contribution in [1.82, 2.24) is 5.32 Å². The van der Waals surface area contributed by atoms with Crippen LogP contribution >= 0.6 is 0 Å². The van der Waals surface area contributed by atoms with E-state index in [1.165, 1.54) is 18.3 Å². The number of ether oxygens (including phenoxy) is 2. The topological polar surface area (TPSA) is 98.1 Å². The maximum Gasteiger partial charge on any atom is 0.337 e. The summed E-state index contributed by atoms with van der Waals surface area (Å²) in [4.78, 5) is 40.9. The zero-order chi connectivity index (χ0) is 25.5. The number of hydrogen-bond acceptors (Lipinski definition) is 6.